The molecule has 3 fully saturated rings. The fraction of sp³-hybridized carbons (Fsp3) is 0.923. The van der Waals surface area contributed by atoms with Crippen LogP contribution in [0.15, 0.2) is 0 Å². The van der Waals surface area contributed by atoms with Gasteiger partial charge in [0.1, 0.15) is 0 Å². The van der Waals surface area contributed by atoms with Crippen LogP contribution in [-0.2, 0) is 19.6 Å². The van der Waals surface area contributed by atoms with Crippen LogP contribution in [0.4, 0.5) is 0 Å². The summed E-state index contributed by atoms with van der Waals surface area (Å²) in [4.78, 5) is 13.3. The van der Waals surface area contributed by atoms with Crippen LogP contribution in [0.1, 0.15) is 26.2 Å². The fourth-order valence-corrected chi connectivity index (χ4v) is 4.98. The first-order valence-electron chi connectivity index (χ1n) is 7.34. The van der Waals surface area contributed by atoms with Crippen LogP contribution in [0.3, 0.4) is 0 Å². The van der Waals surface area contributed by atoms with E-state index in [4.69, 9.17) is 4.74 Å². The van der Waals surface area contributed by atoms with Crippen molar-refractivity contribution in [3.63, 3.8) is 0 Å². The molecule has 3 rings (SSSR count). The van der Waals surface area contributed by atoms with Crippen LogP contribution in [0.2, 0.25) is 0 Å². The summed E-state index contributed by atoms with van der Waals surface area (Å²) in [7, 11) is -3.11. The Balaban J connectivity index is 1.68. The predicted molar refractivity (Wildman–Crippen MR) is 73.6 cm³/mol. The van der Waals surface area contributed by atoms with Gasteiger partial charge < -0.3 is 9.64 Å². The Kier molecular flexibility index (Phi) is 3.77. The van der Waals surface area contributed by atoms with Gasteiger partial charge in [-0.1, -0.05) is 0 Å². The first-order valence-corrected chi connectivity index (χ1v) is 8.85. The van der Waals surface area contributed by atoms with E-state index >= 15 is 0 Å². The summed E-state index contributed by atoms with van der Waals surface area (Å²) in [6.45, 7) is 4.39. The van der Waals surface area contributed by atoms with Crippen molar-refractivity contribution < 1.29 is 17.9 Å². The molecule has 2 heterocycles. The van der Waals surface area contributed by atoms with Gasteiger partial charge in [0.2, 0.25) is 15.9 Å². The Morgan fingerprint density at radius 1 is 1.15 bits per heavy atom. The molecule has 2 saturated heterocycles. The van der Waals surface area contributed by atoms with Gasteiger partial charge in [-0.05, 0) is 19.3 Å². The maximum absolute atomic E-state index is 12.3. The zero-order valence-corrected chi connectivity index (χ0v) is 12.6. The number of amides is 1. The lowest BCUT2D eigenvalue weighted by atomic mass is 9.94. The van der Waals surface area contributed by atoms with Gasteiger partial charge in [0.05, 0.1) is 18.0 Å². The predicted octanol–water partition coefficient (Wildman–Crippen LogP) is 0.0478. The maximum atomic E-state index is 12.3. The normalized spacial score (nSPS) is 32.5. The molecule has 2 aliphatic heterocycles. The van der Waals surface area contributed by atoms with E-state index in [-0.39, 0.29) is 23.2 Å². The lowest BCUT2D eigenvalue weighted by molar-refractivity contribution is -0.129. The lowest BCUT2D eigenvalue weighted by Gasteiger charge is -2.37. The highest BCUT2D eigenvalue weighted by molar-refractivity contribution is 7.90. The summed E-state index contributed by atoms with van der Waals surface area (Å²) in [5.74, 6) is 0.328. The molecule has 0 aromatic carbocycles. The summed E-state index contributed by atoms with van der Waals surface area (Å²) in [6, 6.07) is 0. The largest absolute Gasteiger partial charge is 0.375 e. The molecule has 1 saturated carbocycles. The zero-order chi connectivity index (χ0) is 14.3. The third-order valence-electron chi connectivity index (χ3n) is 4.56. The minimum atomic E-state index is -3.11. The van der Waals surface area contributed by atoms with Gasteiger partial charge >= 0.3 is 0 Å². The number of carbonyl (C=O) groups is 1. The van der Waals surface area contributed by atoms with Crippen molar-refractivity contribution in [3.8, 4) is 0 Å². The Morgan fingerprint density at radius 2 is 1.90 bits per heavy atom. The number of carbonyl (C=O) groups excluding carboxylic acids is 1. The lowest BCUT2D eigenvalue weighted by Crippen LogP contribution is -2.50. The third kappa shape index (κ3) is 2.71. The number of ether oxygens (including phenoxy) is 1. The Hall–Kier alpha value is -0.660. The molecular formula is C13H22N2O4S. The highest BCUT2D eigenvalue weighted by Crippen LogP contribution is 2.34. The van der Waals surface area contributed by atoms with E-state index in [0.29, 0.717) is 32.8 Å². The molecule has 2 atom stereocenters. The number of rotatable bonds is 2. The van der Waals surface area contributed by atoms with Gasteiger partial charge in [0, 0.05) is 39.0 Å². The molecule has 3 aliphatic rings. The van der Waals surface area contributed by atoms with E-state index in [1.165, 1.54) is 0 Å². The van der Waals surface area contributed by atoms with Gasteiger partial charge in [0.25, 0.3) is 0 Å². The van der Waals surface area contributed by atoms with Crippen LogP contribution in [-0.4, -0.2) is 67.7 Å². The van der Waals surface area contributed by atoms with Crippen molar-refractivity contribution >= 4 is 15.9 Å². The maximum Gasteiger partial charge on any atom is 0.219 e. The molecule has 0 spiro atoms. The van der Waals surface area contributed by atoms with E-state index in [1.807, 2.05) is 4.90 Å². The highest BCUT2D eigenvalue weighted by Gasteiger charge is 2.44. The Bertz CT molecular complexity index is 489. The van der Waals surface area contributed by atoms with Crippen LogP contribution in [0.5, 0.6) is 0 Å². The van der Waals surface area contributed by atoms with Gasteiger partial charge in [-0.3, -0.25) is 4.79 Å². The van der Waals surface area contributed by atoms with Gasteiger partial charge in [-0.15, -0.1) is 0 Å². The average Bonchev–Trinajstić information content (AvgIpc) is 3.23. The number of piperidine rings is 1. The molecule has 1 aliphatic carbocycles. The molecule has 0 N–H and O–H groups in total. The standard InChI is InChI=1S/C13H22N2O4S/c1-10(16)14-6-7-19-13-9-15(5-4-11(13)8-14)20(17,18)12-2-3-12/h11-13H,2-9H2,1H3/t11-,13-/m0/s1. The Morgan fingerprint density at radius 3 is 2.55 bits per heavy atom. The van der Waals surface area contributed by atoms with E-state index in [1.54, 1.807) is 11.2 Å². The SMILES string of the molecule is CC(=O)N1CCO[C@H]2CN(S(=O)(=O)C3CC3)CC[C@H]2C1. The molecule has 0 bridgehead atoms. The minimum Gasteiger partial charge on any atom is -0.375 e. The van der Waals surface area contributed by atoms with E-state index in [2.05, 4.69) is 0 Å². The van der Waals surface area contributed by atoms with Gasteiger partial charge in [0.15, 0.2) is 0 Å². The molecule has 114 valence electrons. The second-order valence-electron chi connectivity index (χ2n) is 6.03. The molecule has 1 amide bonds. The average molecular weight is 302 g/mol. The van der Waals surface area contributed by atoms with Crippen LogP contribution in [0, 0.1) is 5.92 Å². The van der Waals surface area contributed by atoms with E-state index in [9.17, 15) is 13.2 Å². The van der Waals surface area contributed by atoms with Crippen molar-refractivity contribution in [2.75, 3.05) is 32.8 Å². The van der Waals surface area contributed by atoms with Crippen molar-refractivity contribution in [2.24, 2.45) is 5.92 Å². The topological polar surface area (TPSA) is 66.9 Å². The first-order chi connectivity index (χ1) is 9.48. The third-order valence-corrected chi connectivity index (χ3v) is 6.92. The van der Waals surface area contributed by atoms with Gasteiger partial charge in [-0.2, -0.15) is 4.31 Å². The van der Waals surface area contributed by atoms with Crippen molar-refractivity contribution in [2.45, 2.75) is 37.5 Å². The molecule has 20 heavy (non-hydrogen) atoms. The quantitative estimate of drug-likeness (QED) is 0.723. The summed E-state index contributed by atoms with van der Waals surface area (Å²) in [5.41, 5.74) is 0. The molecule has 0 radical (unpaired) electrons. The number of nitrogens with zero attached hydrogens (tertiary/aromatic N) is 2. The molecule has 6 nitrogen and oxygen atoms in total. The molecular weight excluding hydrogens is 280 g/mol. The Labute approximate surface area is 120 Å². The van der Waals surface area contributed by atoms with E-state index < -0.39 is 10.0 Å². The molecule has 7 heteroatoms. The van der Waals surface area contributed by atoms with Crippen molar-refractivity contribution in [1.82, 2.24) is 9.21 Å². The summed E-state index contributed by atoms with van der Waals surface area (Å²) in [5, 5.41) is -0.154. The van der Waals surface area contributed by atoms with E-state index in [0.717, 1.165) is 19.3 Å². The summed E-state index contributed by atoms with van der Waals surface area (Å²) in [6.07, 6.45) is 2.31. The number of fused-ring (bicyclic) bond motifs is 1. The fourth-order valence-electron chi connectivity index (χ4n) is 3.12. The number of sulfonamides is 1. The summed E-state index contributed by atoms with van der Waals surface area (Å²) < 4.78 is 32.0. The second kappa shape index (κ2) is 5.27. The number of hydrogen-bond acceptors (Lipinski definition) is 4. The van der Waals surface area contributed by atoms with Crippen molar-refractivity contribution in [3.05, 3.63) is 0 Å². The van der Waals surface area contributed by atoms with Crippen LogP contribution < -0.4 is 0 Å². The van der Waals surface area contributed by atoms with Gasteiger partial charge in [-0.25, -0.2) is 8.42 Å². The molecule has 0 aromatic heterocycles. The van der Waals surface area contributed by atoms with Crippen LogP contribution >= 0.6 is 0 Å². The monoisotopic (exact) mass is 302 g/mol. The number of hydrogen-bond donors (Lipinski definition) is 0. The van der Waals surface area contributed by atoms with Crippen LogP contribution in [0.25, 0.3) is 0 Å². The highest BCUT2D eigenvalue weighted by atomic mass is 32.2. The molecule has 0 aromatic rings. The zero-order valence-electron chi connectivity index (χ0n) is 11.8. The first kappa shape index (κ1) is 14.3. The summed E-state index contributed by atoms with van der Waals surface area (Å²) >= 11 is 0. The second-order valence-corrected chi connectivity index (χ2v) is 8.24. The smallest absolute Gasteiger partial charge is 0.219 e. The minimum absolute atomic E-state index is 0.0679. The van der Waals surface area contributed by atoms with Crippen molar-refractivity contribution in [1.29, 1.82) is 0 Å². The molecule has 0 unspecified atom stereocenters.